The highest BCUT2D eigenvalue weighted by Gasteiger charge is 2.23. The number of nitrogens with one attached hydrogen (secondary N) is 2. The molecule has 0 saturated heterocycles. The number of methoxy groups -OCH3 is 2. The van der Waals surface area contributed by atoms with Crippen LogP contribution in [0.4, 0.5) is 0 Å². The summed E-state index contributed by atoms with van der Waals surface area (Å²) in [5, 5.41) is 14.7. The predicted octanol–water partition coefficient (Wildman–Crippen LogP) is -0.175. The monoisotopic (exact) mass is 310 g/mol. The molecule has 1 rings (SSSR count). The Morgan fingerprint density at radius 2 is 1.82 bits per heavy atom. The summed E-state index contributed by atoms with van der Waals surface area (Å²) >= 11 is 0. The number of carbonyl (C=O) groups is 2. The van der Waals surface area contributed by atoms with Crippen LogP contribution in [0.25, 0.3) is 0 Å². The number of benzene rings is 1. The molecule has 0 aliphatic heterocycles. The van der Waals surface area contributed by atoms with E-state index < -0.39 is 17.4 Å². The summed E-state index contributed by atoms with van der Waals surface area (Å²) in [6.45, 7) is 1.64. The maximum atomic E-state index is 11.7. The Morgan fingerprint density at radius 3 is 2.45 bits per heavy atom. The number of carbonyl (C=O) groups excluding carboxylic acids is 2. The number of rotatable bonds is 7. The van der Waals surface area contributed by atoms with E-state index in [9.17, 15) is 14.7 Å². The van der Waals surface area contributed by atoms with Crippen molar-refractivity contribution in [2.45, 2.75) is 19.1 Å². The number of hydrogen-bond acceptors (Lipinski definition) is 5. The van der Waals surface area contributed by atoms with Crippen molar-refractivity contribution in [3.05, 3.63) is 29.8 Å². The molecule has 0 aromatic heterocycles. The minimum Gasteiger partial charge on any atom is -0.496 e. The van der Waals surface area contributed by atoms with Crippen molar-refractivity contribution in [2.24, 2.45) is 0 Å². The summed E-state index contributed by atoms with van der Waals surface area (Å²) in [6, 6.07) is 7.19. The van der Waals surface area contributed by atoms with Crippen LogP contribution >= 0.6 is 0 Å². The van der Waals surface area contributed by atoms with Gasteiger partial charge in [0.1, 0.15) is 11.4 Å². The average molecular weight is 310 g/mol. The van der Waals surface area contributed by atoms with Gasteiger partial charge in [-0.1, -0.05) is 18.2 Å². The second-order valence-corrected chi connectivity index (χ2v) is 5.11. The minimum atomic E-state index is -1.23. The molecular weight excluding hydrogens is 288 g/mol. The molecule has 1 aromatic carbocycles. The van der Waals surface area contributed by atoms with Gasteiger partial charge in [-0.3, -0.25) is 9.59 Å². The first-order valence-corrected chi connectivity index (χ1v) is 6.79. The van der Waals surface area contributed by atoms with Gasteiger partial charge in [0, 0.05) is 25.8 Å². The normalized spacial score (nSPS) is 13.1. The maximum Gasteiger partial charge on any atom is 0.309 e. The second-order valence-electron chi connectivity index (χ2n) is 5.11. The zero-order valence-corrected chi connectivity index (χ0v) is 13.0. The summed E-state index contributed by atoms with van der Waals surface area (Å²) in [6.07, 6.45) is 0. The molecule has 0 saturated carbocycles. The third kappa shape index (κ3) is 5.71. The van der Waals surface area contributed by atoms with Gasteiger partial charge in [0.25, 0.3) is 0 Å². The molecule has 0 spiro atoms. The van der Waals surface area contributed by atoms with Gasteiger partial charge in [0.05, 0.1) is 13.7 Å². The van der Waals surface area contributed by atoms with Gasteiger partial charge in [-0.05, 0) is 13.0 Å². The molecule has 2 amide bonds. The summed E-state index contributed by atoms with van der Waals surface area (Å²) in [5.74, 6) is -0.961. The number of para-hydroxylation sites is 1. The largest absolute Gasteiger partial charge is 0.496 e. The molecule has 1 unspecified atom stereocenters. The van der Waals surface area contributed by atoms with Crippen LogP contribution in [-0.2, 0) is 20.9 Å². The quantitative estimate of drug-likeness (QED) is 0.607. The molecule has 0 aliphatic rings. The van der Waals surface area contributed by atoms with Crippen molar-refractivity contribution in [3.63, 3.8) is 0 Å². The van der Waals surface area contributed by atoms with Crippen LogP contribution in [0, 0.1) is 0 Å². The lowest BCUT2D eigenvalue weighted by atomic mass is 10.1. The van der Waals surface area contributed by atoms with E-state index in [1.54, 1.807) is 12.1 Å². The van der Waals surface area contributed by atoms with Crippen LogP contribution in [0.15, 0.2) is 24.3 Å². The number of hydrogen-bond donors (Lipinski definition) is 3. The number of amides is 2. The molecular formula is C15H22N2O5. The average Bonchev–Trinajstić information content (AvgIpc) is 2.50. The van der Waals surface area contributed by atoms with Crippen LogP contribution < -0.4 is 15.4 Å². The fourth-order valence-electron chi connectivity index (χ4n) is 1.82. The molecule has 0 bridgehead atoms. The number of ether oxygens (including phenoxy) is 2. The highest BCUT2D eigenvalue weighted by atomic mass is 16.5. The van der Waals surface area contributed by atoms with Gasteiger partial charge in [0.15, 0.2) is 0 Å². The van der Waals surface area contributed by atoms with E-state index in [0.717, 1.165) is 5.56 Å². The lowest BCUT2D eigenvalue weighted by molar-refractivity contribution is -0.140. The zero-order valence-electron chi connectivity index (χ0n) is 13.0. The molecule has 122 valence electrons. The van der Waals surface area contributed by atoms with Crippen molar-refractivity contribution < 1.29 is 24.2 Å². The predicted molar refractivity (Wildman–Crippen MR) is 80.4 cm³/mol. The third-order valence-corrected chi connectivity index (χ3v) is 2.92. The molecule has 22 heavy (non-hydrogen) atoms. The van der Waals surface area contributed by atoms with Crippen LogP contribution in [0.1, 0.15) is 12.5 Å². The van der Waals surface area contributed by atoms with E-state index in [2.05, 4.69) is 10.6 Å². The second kappa shape index (κ2) is 8.35. The van der Waals surface area contributed by atoms with Crippen molar-refractivity contribution in [1.29, 1.82) is 0 Å². The lowest BCUT2D eigenvalue weighted by Gasteiger charge is -2.22. The van der Waals surface area contributed by atoms with E-state index in [-0.39, 0.29) is 19.7 Å². The van der Waals surface area contributed by atoms with Gasteiger partial charge in [-0.25, -0.2) is 0 Å². The number of aliphatic hydroxyl groups is 1. The summed E-state index contributed by atoms with van der Waals surface area (Å²) in [5.41, 5.74) is -0.467. The first kappa shape index (κ1) is 17.9. The molecule has 1 aromatic rings. The lowest BCUT2D eigenvalue weighted by Crippen LogP contribution is -2.48. The first-order chi connectivity index (χ1) is 10.4. The maximum absolute atomic E-state index is 11.7. The SMILES string of the molecule is COCC(C)(O)CNC(=O)C(=O)NCc1ccccc1OC. The third-order valence-electron chi connectivity index (χ3n) is 2.92. The van der Waals surface area contributed by atoms with Gasteiger partial charge < -0.3 is 25.2 Å². The van der Waals surface area contributed by atoms with Crippen molar-refractivity contribution >= 4 is 11.8 Å². The summed E-state index contributed by atoms with van der Waals surface area (Å²) in [7, 11) is 2.97. The Balaban J connectivity index is 2.46. The molecule has 3 N–H and O–H groups in total. The molecule has 0 heterocycles. The van der Waals surface area contributed by atoms with Gasteiger partial charge >= 0.3 is 11.8 Å². The van der Waals surface area contributed by atoms with Crippen molar-refractivity contribution in [2.75, 3.05) is 27.4 Å². The Kier molecular flexibility index (Phi) is 6.81. The molecule has 7 heteroatoms. The fourth-order valence-corrected chi connectivity index (χ4v) is 1.82. The Hall–Kier alpha value is -2.12. The van der Waals surface area contributed by atoms with Gasteiger partial charge in [-0.2, -0.15) is 0 Å². The van der Waals surface area contributed by atoms with E-state index in [1.165, 1.54) is 21.1 Å². The van der Waals surface area contributed by atoms with E-state index in [1.807, 2.05) is 12.1 Å². The highest BCUT2D eigenvalue weighted by Crippen LogP contribution is 2.16. The van der Waals surface area contributed by atoms with E-state index >= 15 is 0 Å². The molecule has 0 radical (unpaired) electrons. The Morgan fingerprint density at radius 1 is 1.18 bits per heavy atom. The molecule has 0 aliphatic carbocycles. The van der Waals surface area contributed by atoms with Crippen LogP contribution in [0.2, 0.25) is 0 Å². The molecule has 0 fully saturated rings. The van der Waals surface area contributed by atoms with Crippen LogP contribution in [0.3, 0.4) is 0 Å². The first-order valence-electron chi connectivity index (χ1n) is 6.79. The Labute approximate surface area is 129 Å². The molecule has 1 atom stereocenters. The fraction of sp³-hybridized carbons (Fsp3) is 0.467. The summed E-state index contributed by atoms with van der Waals surface area (Å²) < 4.78 is 9.97. The van der Waals surface area contributed by atoms with Crippen molar-refractivity contribution in [1.82, 2.24) is 10.6 Å². The Bertz CT molecular complexity index is 516. The smallest absolute Gasteiger partial charge is 0.309 e. The minimum absolute atomic E-state index is 0.0517. The topological polar surface area (TPSA) is 96.9 Å². The van der Waals surface area contributed by atoms with Gasteiger partial charge in [-0.15, -0.1) is 0 Å². The zero-order chi connectivity index (χ0) is 16.6. The highest BCUT2D eigenvalue weighted by molar-refractivity contribution is 6.35. The van der Waals surface area contributed by atoms with Crippen LogP contribution in [0.5, 0.6) is 5.75 Å². The van der Waals surface area contributed by atoms with E-state index in [0.29, 0.717) is 5.75 Å². The molecule has 7 nitrogen and oxygen atoms in total. The van der Waals surface area contributed by atoms with Gasteiger partial charge in [0.2, 0.25) is 0 Å². The summed E-state index contributed by atoms with van der Waals surface area (Å²) in [4.78, 5) is 23.4. The van der Waals surface area contributed by atoms with Crippen molar-refractivity contribution in [3.8, 4) is 5.75 Å². The standard InChI is InChI=1S/C15H22N2O5/c1-15(20,10-21-2)9-17-14(19)13(18)16-8-11-6-4-5-7-12(11)22-3/h4-7,20H,8-10H2,1-3H3,(H,16,18)(H,17,19). The van der Waals surface area contributed by atoms with Crippen LogP contribution in [-0.4, -0.2) is 49.9 Å². The van der Waals surface area contributed by atoms with E-state index in [4.69, 9.17) is 9.47 Å².